The molecule has 1 N–H and O–H groups in total. The topological polar surface area (TPSA) is 65.0 Å². The number of hydrogen-bond acceptors (Lipinski definition) is 4. The number of imide groups is 1. The van der Waals surface area contributed by atoms with Crippen LogP contribution in [-0.2, 0) is 4.79 Å². The SMILES string of the molecule is CCCCN1C(c2ccc(Cl)cc2)=NC2C(=O)N(C)C(=O)NC21. The molecule has 2 atom stereocenters. The number of fused-ring (bicyclic) bond motifs is 1. The van der Waals surface area contributed by atoms with Crippen molar-refractivity contribution in [2.45, 2.75) is 32.0 Å². The number of carbonyl (C=O) groups excluding carboxylic acids is 2. The molecule has 23 heavy (non-hydrogen) atoms. The van der Waals surface area contributed by atoms with Gasteiger partial charge in [-0.25, -0.2) is 4.79 Å². The first-order valence-corrected chi connectivity index (χ1v) is 8.09. The number of urea groups is 1. The van der Waals surface area contributed by atoms with Crippen LogP contribution in [0, 0.1) is 0 Å². The molecule has 1 saturated heterocycles. The van der Waals surface area contributed by atoms with E-state index in [0.717, 1.165) is 35.7 Å². The van der Waals surface area contributed by atoms with Gasteiger partial charge >= 0.3 is 6.03 Å². The fourth-order valence-electron chi connectivity index (χ4n) is 2.86. The van der Waals surface area contributed by atoms with Gasteiger partial charge in [0.2, 0.25) is 0 Å². The second kappa shape index (κ2) is 6.20. The molecule has 1 aromatic rings. The Labute approximate surface area is 140 Å². The monoisotopic (exact) mass is 334 g/mol. The number of likely N-dealkylation sites (N-methyl/N-ethyl adjacent to an activating group) is 1. The fraction of sp³-hybridized carbons (Fsp3) is 0.438. The molecule has 0 bridgehead atoms. The summed E-state index contributed by atoms with van der Waals surface area (Å²) in [5.74, 6) is 0.457. The third kappa shape index (κ3) is 2.79. The molecule has 7 heteroatoms. The molecule has 0 aromatic heterocycles. The zero-order chi connectivity index (χ0) is 16.6. The van der Waals surface area contributed by atoms with Crippen molar-refractivity contribution in [2.24, 2.45) is 4.99 Å². The minimum Gasteiger partial charge on any atom is -0.333 e. The Morgan fingerprint density at radius 3 is 2.61 bits per heavy atom. The van der Waals surface area contributed by atoms with E-state index in [-0.39, 0.29) is 11.9 Å². The van der Waals surface area contributed by atoms with E-state index >= 15 is 0 Å². The Morgan fingerprint density at radius 1 is 1.26 bits per heavy atom. The average molecular weight is 335 g/mol. The average Bonchev–Trinajstić information content (AvgIpc) is 2.90. The molecule has 2 aliphatic heterocycles. The Hall–Kier alpha value is -2.08. The maximum Gasteiger partial charge on any atom is 0.325 e. The number of amidine groups is 1. The lowest BCUT2D eigenvalue weighted by atomic mass is 10.1. The number of unbranched alkanes of at least 4 members (excludes halogenated alkanes) is 1. The smallest absolute Gasteiger partial charge is 0.325 e. The van der Waals surface area contributed by atoms with Crippen molar-refractivity contribution >= 4 is 29.4 Å². The first-order valence-electron chi connectivity index (χ1n) is 7.71. The molecule has 2 heterocycles. The van der Waals surface area contributed by atoms with E-state index in [1.54, 1.807) is 12.1 Å². The summed E-state index contributed by atoms with van der Waals surface area (Å²) in [6.45, 7) is 2.83. The second-order valence-corrected chi connectivity index (χ2v) is 6.18. The Balaban J connectivity index is 1.96. The number of benzene rings is 1. The van der Waals surface area contributed by atoms with Gasteiger partial charge in [-0.2, -0.15) is 0 Å². The van der Waals surface area contributed by atoms with E-state index in [2.05, 4.69) is 17.2 Å². The minimum absolute atomic E-state index is 0.274. The molecular formula is C16H19ClN4O2. The van der Waals surface area contributed by atoms with Crippen LogP contribution in [0.3, 0.4) is 0 Å². The predicted octanol–water partition coefficient (Wildman–Crippen LogP) is 2.08. The number of carbonyl (C=O) groups is 2. The van der Waals surface area contributed by atoms with Crippen LogP contribution in [0.5, 0.6) is 0 Å². The first kappa shape index (κ1) is 15.8. The van der Waals surface area contributed by atoms with Crippen molar-refractivity contribution in [1.82, 2.24) is 15.1 Å². The Morgan fingerprint density at radius 2 is 1.96 bits per heavy atom. The van der Waals surface area contributed by atoms with E-state index in [1.165, 1.54) is 7.05 Å². The standard InChI is InChI=1S/C16H19ClN4O2/c1-3-4-9-21-13(10-5-7-11(17)8-6-10)18-12-14(21)19-16(23)20(2)15(12)22/h5-8,12,14H,3-4,9H2,1-2H3,(H,19,23). The van der Waals surface area contributed by atoms with E-state index in [4.69, 9.17) is 11.6 Å². The highest BCUT2D eigenvalue weighted by molar-refractivity contribution is 6.30. The summed E-state index contributed by atoms with van der Waals surface area (Å²) in [6, 6.07) is 6.38. The highest BCUT2D eigenvalue weighted by Crippen LogP contribution is 2.26. The maximum atomic E-state index is 12.4. The lowest BCUT2D eigenvalue weighted by Crippen LogP contribution is -2.64. The van der Waals surface area contributed by atoms with Crippen molar-refractivity contribution in [3.8, 4) is 0 Å². The maximum absolute atomic E-state index is 12.4. The number of amides is 3. The highest BCUT2D eigenvalue weighted by Gasteiger charge is 2.47. The van der Waals surface area contributed by atoms with Crippen LogP contribution in [-0.4, -0.2) is 53.4 Å². The largest absolute Gasteiger partial charge is 0.333 e. The van der Waals surface area contributed by atoms with Crippen LogP contribution in [0.25, 0.3) is 0 Å². The molecule has 2 unspecified atom stereocenters. The number of halogens is 1. The van der Waals surface area contributed by atoms with Crippen LogP contribution < -0.4 is 5.32 Å². The lowest BCUT2D eigenvalue weighted by molar-refractivity contribution is -0.131. The summed E-state index contributed by atoms with van der Waals surface area (Å²) in [7, 11) is 1.47. The van der Waals surface area contributed by atoms with Crippen LogP contribution in [0.4, 0.5) is 4.79 Å². The molecule has 6 nitrogen and oxygen atoms in total. The molecule has 2 aliphatic rings. The molecule has 0 spiro atoms. The number of aliphatic imine (C=N–C) groups is 1. The van der Waals surface area contributed by atoms with Crippen molar-refractivity contribution < 1.29 is 9.59 Å². The zero-order valence-electron chi connectivity index (χ0n) is 13.1. The second-order valence-electron chi connectivity index (χ2n) is 5.74. The molecule has 3 rings (SSSR count). The summed E-state index contributed by atoms with van der Waals surface area (Å²) < 4.78 is 0. The van der Waals surface area contributed by atoms with E-state index in [9.17, 15) is 9.59 Å². The van der Waals surface area contributed by atoms with Gasteiger partial charge in [0.25, 0.3) is 5.91 Å². The molecule has 122 valence electrons. The van der Waals surface area contributed by atoms with Gasteiger partial charge in [0, 0.05) is 24.2 Å². The van der Waals surface area contributed by atoms with Gasteiger partial charge in [0.05, 0.1) is 0 Å². The molecule has 0 aliphatic carbocycles. The third-order valence-electron chi connectivity index (χ3n) is 4.18. The number of nitrogens with zero attached hydrogens (tertiary/aromatic N) is 3. The first-order chi connectivity index (χ1) is 11.0. The molecular weight excluding hydrogens is 316 g/mol. The van der Waals surface area contributed by atoms with Gasteiger partial charge in [0.15, 0.2) is 6.04 Å². The molecule has 1 aromatic carbocycles. The zero-order valence-corrected chi connectivity index (χ0v) is 13.9. The van der Waals surface area contributed by atoms with Gasteiger partial charge in [-0.3, -0.25) is 14.7 Å². The summed E-state index contributed by atoms with van der Waals surface area (Å²) in [4.78, 5) is 32.0. The quantitative estimate of drug-likeness (QED) is 0.916. The van der Waals surface area contributed by atoms with Gasteiger partial charge in [0.1, 0.15) is 12.0 Å². The summed E-state index contributed by atoms with van der Waals surface area (Å²) in [5, 5.41) is 3.53. The molecule has 1 fully saturated rings. The van der Waals surface area contributed by atoms with E-state index in [0.29, 0.717) is 5.02 Å². The third-order valence-corrected chi connectivity index (χ3v) is 4.43. The van der Waals surface area contributed by atoms with Crippen LogP contribution >= 0.6 is 11.6 Å². The number of nitrogens with one attached hydrogen (secondary N) is 1. The Kier molecular flexibility index (Phi) is 4.26. The normalized spacial score (nSPS) is 23.7. The minimum atomic E-state index is -0.597. The molecule has 0 saturated carbocycles. The van der Waals surface area contributed by atoms with Crippen LogP contribution in [0.15, 0.2) is 29.3 Å². The molecule has 3 amide bonds. The Bertz CT molecular complexity index is 659. The van der Waals surface area contributed by atoms with Crippen LogP contribution in [0.1, 0.15) is 25.3 Å². The predicted molar refractivity (Wildman–Crippen MR) is 88.5 cm³/mol. The lowest BCUT2D eigenvalue weighted by Gasteiger charge is -2.36. The van der Waals surface area contributed by atoms with Crippen LogP contribution in [0.2, 0.25) is 5.02 Å². The van der Waals surface area contributed by atoms with Gasteiger partial charge in [-0.15, -0.1) is 0 Å². The molecule has 0 radical (unpaired) electrons. The van der Waals surface area contributed by atoms with Gasteiger partial charge in [-0.1, -0.05) is 24.9 Å². The van der Waals surface area contributed by atoms with E-state index < -0.39 is 12.2 Å². The van der Waals surface area contributed by atoms with Crippen molar-refractivity contribution in [3.05, 3.63) is 34.9 Å². The fourth-order valence-corrected chi connectivity index (χ4v) is 2.99. The van der Waals surface area contributed by atoms with Crippen molar-refractivity contribution in [2.75, 3.05) is 13.6 Å². The number of hydrogen-bond donors (Lipinski definition) is 1. The van der Waals surface area contributed by atoms with Crippen molar-refractivity contribution in [3.63, 3.8) is 0 Å². The highest BCUT2D eigenvalue weighted by atomic mass is 35.5. The summed E-state index contributed by atoms with van der Waals surface area (Å²) in [5.41, 5.74) is 0.893. The number of rotatable bonds is 4. The van der Waals surface area contributed by atoms with Crippen molar-refractivity contribution in [1.29, 1.82) is 0 Å². The summed E-state index contributed by atoms with van der Waals surface area (Å²) in [6.07, 6.45) is 1.56. The van der Waals surface area contributed by atoms with Gasteiger partial charge < -0.3 is 10.2 Å². The summed E-state index contributed by atoms with van der Waals surface area (Å²) >= 11 is 5.95. The van der Waals surface area contributed by atoms with Gasteiger partial charge in [-0.05, 0) is 30.7 Å². The van der Waals surface area contributed by atoms with E-state index in [1.807, 2.05) is 17.0 Å².